The van der Waals surface area contributed by atoms with Gasteiger partial charge >= 0.3 is 0 Å². The number of hydrogen-bond donors (Lipinski definition) is 0. The van der Waals surface area contributed by atoms with E-state index in [1.807, 2.05) is 18.2 Å². The fraction of sp³-hybridized carbons (Fsp3) is 0.182. The Balaban J connectivity index is 2.47. The molecule has 0 spiro atoms. The third kappa shape index (κ3) is 2.76. The molecule has 0 atom stereocenters. The highest BCUT2D eigenvalue weighted by atomic mass is 79.9. The molecule has 2 rings (SSSR count). The van der Waals surface area contributed by atoms with Gasteiger partial charge in [-0.3, -0.25) is 0 Å². The molecule has 0 amide bonds. The van der Waals surface area contributed by atoms with Crippen LogP contribution in [0.5, 0.6) is 0 Å². The van der Waals surface area contributed by atoms with E-state index >= 15 is 0 Å². The van der Waals surface area contributed by atoms with Crippen LogP contribution in [0.4, 0.5) is 0 Å². The standard InChI is InChI=1S/C11H10BrClN2O2S/c1-18(16,17)9-6-14-15(7-9)11-3-2-8(5-13)4-10(11)12/h2-4,6-7H,5H2,1H3. The largest absolute Gasteiger partial charge is 0.238 e. The van der Waals surface area contributed by atoms with E-state index in [9.17, 15) is 8.42 Å². The van der Waals surface area contributed by atoms with Crippen molar-refractivity contribution in [2.24, 2.45) is 0 Å². The third-order valence-electron chi connectivity index (χ3n) is 2.40. The van der Waals surface area contributed by atoms with Crippen LogP contribution in [0.25, 0.3) is 5.69 Å². The smallest absolute Gasteiger partial charge is 0.178 e. The molecule has 0 saturated carbocycles. The molecule has 96 valence electrons. The summed E-state index contributed by atoms with van der Waals surface area (Å²) in [4.78, 5) is 0.191. The molecule has 1 heterocycles. The zero-order chi connectivity index (χ0) is 13.3. The van der Waals surface area contributed by atoms with Gasteiger partial charge in [-0.1, -0.05) is 6.07 Å². The summed E-state index contributed by atoms with van der Waals surface area (Å²) >= 11 is 9.15. The maximum atomic E-state index is 11.4. The molecule has 0 fully saturated rings. The number of nitrogens with zero attached hydrogens (tertiary/aromatic N) is 2. The Bertz CT molecular complexity index is 682. The average molecular weight is 350 g/mol. The Morgan fingerprint density at radius 2 is 2.17 bits per heavy atom. The summed E-state index contributed by atoms with van der Waals surface area (Å²) in [6.07, 6.45) is 3.97. The quantitative estimate of drug-likeness (QED) is 0.801. The summed E-state index contributed by atoms with van der Waals surface area (Å²) in [7, 11) is -3.24. The van der Waals surface area contributed by atoms with Crippen LogP contribution in [-0.4, -0.2) is 24.5 Å². The highest BCUT2D eigenvalue weighted by Crippen LogP contribution is 2.23. The Labute approximate surface area is 119 Å². The van der Waals surface area contributed by atoms with Gasteiger partial charge < -0.3 is 0 Å². The maximum Gasteiger partial charge on any atom is 0.178 e. The van der Waals surface area contributed by atoms with Gasteiger partial charge in [0, 0.05) is 22.8 Å². The molecule has 0 aliphatic rings. The Hall–Kier alpha value is -0.850. The monoisotopic (exact) mass is 348 g/mol. The van der Waals surface area contributed by atoms with Gasteiger partial charge in [0.1, 0.15) is 4.90 Å². The van der Waals surface area contributed by atoms with Crippen molar-refractivity contribution in [1.29, 1.82) is 0 Å². The van der Waals surface area contributed by atoms with Crippen molar-refractivity contribution in [3.05, 3.63) is 40.6 Å². The molecule has 0 N–H and O–H groups in total. The predicted molar refractivity (Wildman–Crippen MR) is 73.9 cm³/mol. The van der Waals surface area contributed by atoms with Crippen LogP contribution in [0.3, 0.4) is 0 Å². The van der Waals surface area contributed by atoms with Crippen LogP contribution in [0.1, 0.15) is 5.56 Å². The summed E-state index contributed by atoms with van der Waals surface area (Å²) in [5.41, 5.74) is 1.74. The molecular weight excluding hydrogens is 340 g/mol. The van der Waals surface area contributed by atoms with Gasteiger partial charge in [0.15, 0.2) is 9.84 Å². The second-order valence-corrected chi connectivity index (χ2v) is 6.95. The second kappa shape index (κ2) is 5.03. The molecule has 1 aromatic heterocycles. The van der Waals surface area contributed by atoms with Crippen molar-refractivity contribution >= 4 is 37.4 Å². The Morgan fingerprint density at radius 3 is 2.67 bits per heavy atom. The molecule has 4 nitrogen and oxygen atoms in total. The van der Waals surface area contributed by atoms with E-state index in [2.05, 4.69) is 21.0 Å². The molecule has 0 saturated heterocycles. The van der Waals surface area contributed by atoms with E-state index in [-0.39, 0.29) is 4.90 Å². The zero-order valence-corrected chi connectivity index (χ0v) is 12.6. The molecule has 0 aliphatic carbocycles. The van der Waals surface area contributed by atoms with Crippen molar-refractivity contribution in [3.63, 3.8) is 0 Å². The minimum absolute atomic E-state index is 0.191. The molecule has 2 aromatic rings. The summed E-state index contributed by atoms with van der Waals surface area (Å²) in [6, 6.07) is 5.58. The molecule has 18 heavy (non-hydrogen) atoms. The molecule has 0 unspecified atom stereocenters. The molecule has 1 aromatic carbocycles. The first-order chi connectivity index (χ1) is 8.41. The summed E-state index contributed by atoms with van der Waals surface area (Å²) in [5, 5.41) is 4.04. The summed E-state index contributed by atoms with van der Waals surface area (Å²) < 4.78 is 25.1. The molecular formula is C11H10BrClN2O2S. The first kappa shape index (κ1) is 13.6. The molecule has 0 aliphatic heterocycles. The van der Waals surface area contributed by atoms with E-state index in [0.717, 1.165) is 22.0 Å². The van der Waals surface area contributed by atoms with E-state index in [1.165, 1.54) is 17.1 Å². The van der Waals surface area contributed by atoms with Gasteiger partial charge in [-0.2, -0.15) is 5.10 Å². The summed E-state index contributed by atoms with van der Waals surface area (Å²) in [6.45, 7) is 0. The fourth-order valence-electron chi connectivity index (χ4n) is 1.45. The molecule has 7 heteroatoms. The van der Waals surface area contributed by atoms with Crippen molar-refractivity contribution in [3.8, 4) is 5.69 Å². The first-order valence-electron chi connectivity index (χ1n) is 5.01. The maximum absolute atomic E-state index is 11.4. The third-order valence-corrected chi connectivity index (χ3v) is 4.41. The second-order valence-electron chi connectivity index (χ2n) is 3.81. The van der Waals surface area contributed by atoms with Gasteiger partial charge in [0.2, 0.25) is 0 Å². The first-order valence-corrected chi connectivity index (χ1v) is 8.23. The SMILES string of the molecule is CS(=O)(=O)c1cnn(-c2ccc(CCl)cc2Br)c1. The van der Waals surface area contributed by atoms with Crippen LogP contribution in [0.15, 0.2) is 40.0 Å². The van der Waals surface area contributed by atoms with Crippen LogP contribution >= 0.6 is 27.5 Å². The van der Waals surface area contributed by atoms with Crippen LogP contribution in [-0.2, 0) is 15.7 Å². The topological polar surface area (TPSA) is 52.0 Å². The van der Waals surface area contributed by atoms with Crippen molar-refractivity contribution in [2.75, 3.05) is 6.26 Å². The van der Waals surface area contributed by atoms with Gasteiger partial charge in [-0.15, -0.1) is 11.6 Å². The van der Waals surface area contributed by atoms with Crippen LogP contribution < -0.4 is 0 Å². The van der Waals surface area contributed by atoms with Crippen molar-refractivity contribution in [1.82, 2.24) is 9.78 Å². The Morgan fingerprint density at radius 1 is 1.44 bits per heavy atom. The predicted octanol–water partition coefficient (Wildman–Crippen LogP) is 2.78. The van der Waals surface area contributed by atoms with E-state index in [0.29, 0.717) is 5.88 Å². The van der Waals surface area contributed by atoms with Gasteiger partial charge in [0.05, 0.1) is 11.9 Å². The van der Waals surface area contributed by atoms with E-state index < -0.39 is 9.84 Å². The highest BCUT2D eigenvalue weighted by Gasteiger charge is 2.12. The molecule has 0 bridgehead atoms. The van der Waals surface area contributed by atoms with E-state index in [1.54, 1.807) is 0 Å². The number of sulfone groups is 1. The number of hydrogen-bond acceptors (Lipinski definition) is 3. The highest BCUT2D eigenvalue weighted by molar-refractivity contribution is 9.10. The normalized spacial score (nSPS) is 11.7. The number of benzene rings is 1. The lowest BCUT2D eigenvalue weighted by Crippen LogP contribution is -1.97. The zero-order valence-electron chi connectivity index (χ0n) is 9.47. The van der Waals surface area contributed by atoms with Crippen LogP contribution in [0, 0.1) is 0 Å². The molecule has 0 radical (unpaired) electrons. The van der Waals surface area contributed by atoms with Crippen molar-refractivity contribution in [2.45, 2.75) is 10.8 Å². The van der Waals surface area contributed by atoms with Gasteiger partial charge in [-0.05, 0) is 33.6 Å². The number of rotatable bonds is 3. The fourth-order valence-corrected chi connectivity index (χ4v) is 2.75. The van der Waals surface area contributed by atoms with Gasteiger partial charge in [-0.25, -0.2) is 13.1 Å². The Kier molecular flexibility index (Phi) is 3.79. The number of aromatic nitrogens is 2. The minimum Gasteiger partial charge on any atom is -0.238 e. The average Bonchev–Trinajstić information content (AvgIpc) is 2.77. The number of alkyl halides is 1. The van der Waals surface area contributed by atoms with E-state index in [4.69, 9.17) is 11.6 Å². The minimum atomic E-state index is -3.24. The summed E-state index contributed by atoms with van der Waals surface area (Å²) in [5.74, 6) is 0.423. The lowest BCUT2D eigenvalue weighted by atomic mass is 10.2. The lowest BCUT2D eigenvalue weighted by molar-refractivity contribution is 0.602. The lowest BCUT2D eigenvalue weighted by Gasteiger charge is -2.05. The van der Waals surface area contributed by atoms with Crippen molar-refractivity contribution < 1.29 is 8.42 Å². The van der Waals surface area contributed by atoms with Gasteiger partial charge in [0.25, 0.3) is 0 Å². The number of halogens is 2. The van der Waals surface area contributed by atoms with Crippen LogP contribution in [0.2, 0.25) is 0 Å².